The molecule has 7 heteroatoms. The monoisotopic (exact) mass is 268 g/mol. The summed E-state index contributed by atoms with van der Waals surface area (Å²) in [6, 6.07) is -0.0692. The van der Waals surface area contributed by atoms with Crippen molar-refractivity contribution in [1.82, 2.24) is 15.0 Å². The molecule has 0 aliphatic carbocycles. The van der Waals surface area contributed by atoms with Crippen LogP contribution in [0.3, 0.4) is 0 Å². The molecule has 2 aromatic heterocycles. The van der Waals surface area contributed by atoms with Crippen LogP contribution in [-0.2, 0) is 0 Å². The van der Waals surface area contributed by atoms with Crippen LogP contribution in [0.5, 0.6) is 0 Å². The van der Waals surface area contributed by atoms with E-state index >= 15 is 0 Å². The van der Waals surface area contributed by atoms with Crippen molar-refractivity contribution in [3.8, 4) is 0 Å². The van der Waals surface area contributed by atoms with Crippen LogP contribution in [0.25, 0.3) is 10.3 Å². The van der Waals surface area contributed by atoms with Gasteiger partial charge in [0.15, 0.2) is 5.65 Å². The van der Waals surface area contributed by atoms with Crippen LogP contribution in [0, 0.1) is 5.92 Å². The number of aromatic amines is 1. The Balaban J connectivity index is 2.27. The second-order valence-corrected chi connectivity index (χ2v) is 5.55. The van der Waals surface area contributed by atoms with E-state index in [1.54, 1.807) is 0 Å². The van der Waals surface area contributed by atoms with Crippen LogP contribution >= 0.6 is 11.3 Å². The number of anilines is 1. The van der Waals surface area contributed by atoms with Crippen LogP contribution < -0.4 is 10.2 Å². The number of nitrogens with one attached hydrogen (secondary N) is 2. The molecule has 2 aromatic rings. The van der Waals surface area contributed by atoms with Crippen molar-refractivity contribution < 1.29 is 5.11 Å². The molecule has 0 radical (unpaired) electrons. The van der Waals surface area contributed by atoms with Gasteiger partial charge in [-0.1, -0.05) is 25.2 Å². The third-order valence-corrected chi connectivity index (χ3v) is 3.41. The number of nitrogens with zero attached hydrogens (tertiary/aromatic N) is 2. The Morgan fingerprint density at radius 1 is 1.50 bits per heavy atom. The smallest absolute Gasteiger partial charge is 0.306 e. The van der Waals surface area contributed by atoms with Gasteiger partial charge in [-0.15, -0.1) is 0 Å². The lowest BCUT2D eigenvalue weighted by Gasteiger charge is -2.18. The maximum absolute atomic E-state index is 11.3. The van der Waals surface area contributed by atoms with E-state index in [1.165, 1.54) is 6.33 Å². The molecule has 0 saturated heterocycles. The largest absolute Gasteiger partial charge is 0.394 e. The molecule has 0 aliphatic heterocycles. The van der Waals surface area contributed by atoms with E-state index in [2.05, 4.69) is 34.1 Å². The fraction of sp³-hybridized carbons (Fsp3) is 0.545. The molecule has 2 rings (SSSR count). The molecule has 0 bridgehead atoms. The average Bonchev–Trinajstić information content (AvgIpc) is 2.69. The highest BCUT2D eigenvalue weighted by atomic mass is 32.1. The van der Waals surface area contributed by atoms with Crippen molar-refractivity contribution in [3.63, 3.8) is 0 Å². The van der Waals surface area contributed by atoms with Gasteiger partial charge in [-0.05, 0) is 12.3 Å². The Hall–Kier alpha value is -1.47. The molecule has 98 valence electrons. The van der Waals surface area contributed by atoms with Crippen LogP contribution in [-0.4, -0.2) is 32.7 Å². The fourth-order valence-electron chi connectivity index (χ4n) is 1.82. The first kappa shape index (κ1) is 13.0. The summed E-state index contributed by atoms with van der Waals surface area (Å²) in [7, 11) is 0. The predicted molar refractivity (Wildman–Crippen MR) is 72.0 cm³/mol. The molecule has 0 aliphatic rings. The number of aromatic nitrogens is 3. The van der Waals surface area contributed by atoms with Crippen LogP contribution in [0.4, 0.5) is 5.82 Å². The molecule has 2 heterocycles. The van der Waals surface area contributed by atoms with Crippen molar-refractivity contribution in [1.29, 1.82) is 0 Å². The molecular weight excluding hydrogens is 252 g/mol. The van der Waals surface area contributed by atoms with E-state index in [1.807, 2.05) is 0 Å². The van der Waals surface area contributed by atoms with E-state index in [4.69, 9.17) is 0 Å². The van der Waals surface area contributed by atoms with E-state index < -0.39 is 0 Å². The fourth-order valence-corrected chi connectivity index (χ4v) is 2.56. The maximum atomic E-state index is 11.3. The lowest BCUT2D eigenvalue weighted by Crippen LogP contribution is -2.26. The molecule has 6 nitrogen and oxygen atoms in total. The van der Waals surface area contributed by atoms with Gasteiger partial charge in [0.05, 0.1) is 12.6 Å². The highest BCUT2D eigenvalue weighted by Gasteiger charge is 2.14. The van der Waals surface area contributed by atoms with Gasteiger partial charge in [0.1, 0.15) is 16.8 Å². The van der Waals surface area contributed by atoms with E-state index in [9.17, 15) is 9.90 Å². The van der Waals surface area contributed by atoms with Gasteiger partial charge in [0, 0.05) is 0 Å². The Labute approximate surface area is 108 Å². The Bertz CT molecular complexity index is 578. The minimum Gasteiger partial charge on any atom is -0.394 e. The molecule has 0 fully saturated rings. The van der Waals surface area contributed by atoms with Crippen molar-refractivity contribution in [2.45, 2.75) is 26.3 Å². The number of H-pyrrole nitrogens is 1. The zero-order chi connectivity index (χ0) is 13.1. The molecular formula is C11H16N4O2S. The van der Waals surface area contributed by atoms with E-state index in [-0.39, 0.29) is 17.5 Å². The number of aliphatic hydroxyl groups is 1. The SMILES string of the molecule is CC(C)C[C@H](CO)Nc1ncnc2[nH]c(=O)sc12. The first-order chi connectivity index (χ1) is 8.60. The predicted octanol–water partition coefficient (Wildman–Crippen LogP) is 1.20. The number of thiazole rings is 1. The summed E-state index contributed by atoms with van der Waals surface area (Å²) in [6.45, 7) is 4.21. The topological polar surface area (TPSA) is 90.9 Å². The zero-order valence-electron chi connectivity index (χ0n) is 10.3. The highest BCUT2D eigenvalue weighted by Crippen LogP contribution is 2.21. The third-order valence-electron chi connectivity index (χ3n) is 2.54. The number of aliphatic hydroxyl groups excluding tert-OH is 1. The normalized spacial score (nSPS) is 13.1. The molecule has 18 heavy (non-hydrogen) atoms. The summed E-state index contributed by atoms with van der Waals surface area (Å²) >= 11 is 1.07. The molecule has 1 atom stereocenters. The standard InChI is InChI=1S/C11H16N4O2S/c1-6(2)3-7(4-16)14-9-8-10(13-5-12-9)15-11(17)18-8/h5-7,16H,3-4H2,1-2H3,(H2,12,13,14,15,17)/t7-/m1/s1. The Kier molecular flexibility index (Phi) is 3.93. The van der Waals surface area contributed by atoms with Crippen LogP contribution in [0.2, 0.25) is 0 Å². The van der Waals surface area contributed by atoms with Gasteiger partial charge >= 0.3 is 4.87 Å². The second kappa shape index (κ2) is 5.45. The minimum atomic E-state index is -0.155. The number of hydrogen-bond donors (Lipinski definition) is 3. The molecule has 0 unspecified atom stereocenters. The van der Waals surface area contributed by atoms with Crippen molar-refractivity contribution >= 4 is 27.5 Å². The minimum absolute atomic E-state index is 0.0308. The zero-order valence-corrected chi connectivity index (χ0v) is 11.1. The maximum Gasteiger partial charge on any atom is 0.306 e. The average molecular weight is 268 g/mol. The summed E-state index contributed by atoms with van der Waals surface area (Å²) in [6.07, 6.45) is 2.23. The van der Waals surface area contributed by atoms with Crippen LogP contribution in [0.1, 0.15) is 20.3 Å². The molecule has 0 amide bonds. The van der Waals surface area contributed by atoms with E-state index in [0.717, 1.165) is 17.8 Å². The number of fused-ring (bicyclic) bond motifs is 1. The van der Waals surface area contributed by atoms with Gasteiger partial charge in [0.2, 0.25) is 0 Å². The lowest BCUT2D eigenvalue weighted by molar-refractivity contribution is 0.259. The second-order valence-electron chi connectivity index (χ2n) is 4.57. The first-order valence-corrected chi connectivity index (χ1v) is 6.63. The molecule has 0 spiro atoms. The van der Waals surface area contributed by atoms with Gasteiger partial charge in [-0.2, -0.15) is 0 Å². The van der Waals surface area contributed by atoms with Crippen molar-refractivity contribution in [2.75, 3.05) is 11.9 Å². The van der Waals surface area contributed by atoms with Crippen molar-refractivity contribution in [2.24, 2.45) is 5.92 Å². The van der Waals surface area contributed by atoms with Gasteiger partial charge in [-0.25, -0.2) is 9.97 Å². The number of hydrogen-bond acceptors (Lipinski definition) is 6. The Morgan fingerprint density at radius 3 is 2.94 bits per heavy atom. The third kappa shape index (κ3) is 2.85. The van der Waals surface area contributed by atoms with Crippen molar-refractivity contribution in [3.05, 3.63) is 16.0 Å². The van der Waals surface area contributed by atoms with Gasteiger partial charge < -0.3 is 10.4 Å². The lowest BCUT2D eigenvalue weighted by atomic mass is 10.0. The van der Waals surface area contributed by atoms with E-state index in [0.29, 0.717) is 22.1 Å². The molecule has 3 N–H and O–H groups in total. The summed E-state index contributed by atoms with van der Waals surface area (Å²) in [5.41, 5.74) is 0.531. The molecule has 0 aromatic carbocycles. The van der Waals surface area contributed by atoms with Gasteiger partial charge in [-0.3, -0.25) is 9.78 Å². The van der Waals surface area contributed by atoms with Crippen LogP contribution in [0.15, 0.2) is 11.1 Å². The number of rotatable bonds is 5. The summed E-state index contributed by atoms with van der Waals surface area (Å²) in [5.74, 6) is 1.07. The summed E-state index contributed by atoms with van der Waals surface area (Å²) < 4.78 is 0.699. The quantitative estimate of drug-likeness (QED) is 0.758. The first-order valence-electron chi connectivity index (χ1n) is 5.81. The summed E-state index contributed by atoms with van der Waals surface area (Å²) in [4.78, 5) is 21.9. The Morgan fingerprint density at radius 2 is 2.28 bits per heavy atom. The van der Waals surface area contributed by atoms with Gasteiger partial charge in [0.25, 0.3) is 0 Å². The summed E-state index contributed by atoms with van der Waals surface area (Å²) in [5, 5.41) is 12.5. The molecule has 0 saturated carbocycles. The highest BCUT2D eigenvalue weighted by molar-refractivity contribution is 7.16.